The van der Waals surface area contributed by atoms with Crippen molar-refractivity contribution in [2.24, 2.45) is 0 Å². The molecule has 0 spiro atoms. The van der Waals surface area contributed by atoms with Gasteiger partial charge in [-0.05, 0) is 51.0 Å². The number of pyridine rings is 2. The minimum atomic E-state index is 0.508. The van der Waals surface area contributed by atoms with Crippen LogP contribution in [0.5, 0.6) is 0 Å². The van der Waals surface area contributed by atoms with E-state index in [1.165, 1.54) is 32.4 Å². The van der Waals surface area contributed by atoms with Crippen molar-refractivity contribution in [3.63, 3.8) is 0 Å². The predicted molar refractivity (Wildman–Crippen MR) is 87.9 cm³/mol. The van der Waals surface area contributed by atoms with Crippen LogP contribution in [0, 0.1) is 0 Å². The van der Waals surface area contributed by atoms with Gasteiger partial charge in [0.2, 0.25) is 0 Å². The fourth-order valence-corrected chi connectivity index (χ4v) is 3.07. The third-order valence-electron chi connectivity index (χ3n) is 3.95. The minimum absolute atomic E-state index is 0.508. The molecule has 1 aliphatic heterocycles. The van der Waals surface area contributed by atoms with Gasteiger partial charge in [0.1, 0.15) is 10.7 Å². The lowest BCUT2D eigenvalue weighted by molar-refractivity contribution is 0.228. The highest BCUT2D eigenvalue weighted by molar-refractivity contribution is 6.30. The summed E-state index contributed by atoms with van der Waals surface area (Å²) < 4.78 is 0. The quantitative estimate of drug-likeness (QED) is 0.677. The molecule has 0 aliphatic carbocycles. The Bertz CT molecular complexity index is 596. The van der Waals surface area contributed by atoms with Gasteiger partial charge in [-0.3, -0.25) is 4.98 Å². The van der Waals surface area contributed by atoms with Gasteiger partial charge in [0, 0.05) is 18.8 Å². The average molecular weight is 305 g/mol. The fourth-order valence-electron chi connectivity index (χ4n) is 2.87. The molecule has 1 saturated heterocycles. The molecule has 5 heteroatoms. The maximum atomic E-state index is 6.07. The van der Waals surface area contributed by atoms with Crippen LogP contribution in [0.4, 0.5) is 5.69 Å². The van der Waals surface area contributed by atoms with E-state index >= 15 is 0 Å². The van der Waals surface area contributed by atoms with Crippen molar-refractivity contribution in [1.82, 2.24) is 14.9 Å². The first-order valence-electron chi connectivity index (χ1n) is 7.70. The van der Waals surface area contributed by atoms with Crippen molar-refractivity contribution in [3.05, 3.63) is 29.5 Å². The van der Waals surface area contributed by atoms with Crippen molar-refractivity contribution in [3.8, 4) is 0 Å². The van der Waals surface area contributed by atoms with Gasteiger partial charge in [0.15, 0.2) is 0 Å². The van der Waals surface area contributed by atoms with Crippen LogP contribution in [0.25, 0.3) is 11.0 Å². The van der Waals surface area contributed by atoms with Crippen LogP contribution in [-0.2, 0) is 0 Å². The lowest BCUT2D eigenvalue weighted by Crippen LogP contribution is -2.31. The second-order valence-electron chi connectivity index (χ2n) is 5.55. The summed E-state index contributed by atoms with van der Waals surface area (Å²) >= 11 is 6.07. The maximum Gasteiger partial charge on any atom is 0.131 e. The van der Waals surface area contributed by atoms with Crippen LogP contribution in [0.1, 0.15) is 25.7 Å². The molecule has 4 nitrogen and oxygen atoms in total. The fraction of sp³-hybridized carbons (Fsp3) is 0.500. The largest absolute Gasteiger partial charge is 0.383 e. The molecule has 0 aromatic carbocycles. The molecule has 1 N–H and O–H groups in total. The SMILES string of the molecule is Clc1cc(NCCCN2CCCCC2)c2ncccc2n1. The average Bonchev–Trinajstić information content (AvgIpc) is 2.52. The molecule has 1 aliphatic rings. The summed E-state index contributed by atoms with van der Waals surface area (Å²) in [5.41, 5.74) is 2.70. The normalized spacial score (nSPS) is 16.2. The zero-order valence-corrected chi connectivity index (χ0v) is 12.9. The van der Waals surface area contributed by atoms with Crippen LogP contribution in [0.2, 0.25) is 5.15 Å². The Morgan fingerprint density at radius 2 is 2.10 bits per heavy atom. The standard InChI is InChI=1S/C16H21ClN4/c17-15-12-14(16-13(20-15)6-4-7-19-16)18-8-5-11-21-9-2-1-3-10-21/h4,6-7,12H,1-3,5,8-11H2,(H,18,20). The van der Waals surface area contributed by atoms with Gasteiger partial charge in [0.05, 0.1) is 11.2 Å². The van der Waals surface area contributed by atoms with E-state index in [-0.39, 0.29) is 0 Å². The van der Waals surface area contributed by atoms with E-state index in [9.17, 15) is 0 Å². The number of halogens is 1. The topological polar surface area (TPSA) is 41.0 Å². The van der Waals surface area contributed by atoms with Gasteiger partial charge in [-0.2, -0.15) is 0 Å². The molecular formula is C16H21ClN4. The van der Waals surface area contributed by atoms with Gasteiger partial charge >= 0.3 is 0 Å². The molecule has 0 radical (unpaired) electrons. The molecule has 0 saturated carbocycles. The molecule has 3 heterocycles. The third kappa shape index (κ3) is 3.83. The molecule has 112 valence electrons. The number of anilines is 1. The van der Waals surface area contributed by atoms with E-state index in [0.717, 1.165) is 36.2 Å². The molecule has 21 heavy (non-hydrogen) atoms. The number of fused-ring (bicyclic) bond motifs is 1. The van der Waals surface area contributed by atoms with Gasteiger partial charge in [-0.1, -0.05) is 18.0 Å². The number of piperidine rings is 1. The second-order valence-corrected chi connectivity index (χ2v) is 5.93. The van der Waals surface area contributed by atoms with Crippen molar-refractivity contribution in [2.75, 3.05) is 31.5 Å². The summed E-state index contributed by atoms with van der Waals surface area (Å²) in [6, 6.07) is 5.68. The third-order valence-corrected chi connectivity index (χ3v) is 4.14. The highest BCUT2D eigenvalue weighted by Crippen LogP contribution is 2.23. The van der Waals surface area contributed by atoms with Gasteiger partial charge in [-0.25, -0.2) is 4.98 Å². The molecule has 0 bridgehead atoms. The smallest absolute Gasteiger partial charge is 0.131 e. The Labute approximate surface area is 130 Å². The second kappa shape index (κ2) is 7.05. The van der Waals surface area contributed by atoms with E-state index in [1.807, 2.05) is 18.2 Å². The lowest BCUT2D eigenvalue weighted by atomic mass is 10.1. The van der Waals surface area contributed by atoms with Crippen molar-refractivity contribution in [2.45, 2.75) is 25.7 Å². The number of nitrogens with zero attached hydrogens (tertiary/aromatic N) is 3. The minimum Gasteiger partial charge on any atom is -0.383 e. The van der Waals surface area contributed by atoms with E-state index in [1.54, 1.807) is 6.20 Å². The van der Waals surface area contributed by atoms with Crippen LogP contribution in [-0.4, -0.2) is 41.0 Å². The van der Waals surface area contributed by atoms with Crippen molar-refractivity contribution < 1.29 is 0 Å². The number of hydrogen-bond donors (Lipinski definition) is 1. The predicted octanol–water partition coefficient (Wildman–Crippen LogP) is 3.57. The summed E-state index contributed by atoms with van der Waals surface area (Å²) in [5.74, 6) is 0. The van der Waals surface area contributed by atoms with Crippen LogP contribution >= 0.6 is 11.6 Å². The van der Waals surface area contributed by atoms with E-state index in [2.05, 4.69) is 20.2 Å². The Hall–Kier alpha value is -1.39. The summed E-state index contributed by atoms with van der Waals surface area (Å²) in [5, 5.41) is 3.96. The zero-order chi connectivity index (χ0) is 14.5. The molecule has 2 aromatic heterocycles. The number of nitrogens with one attached hydrogen (secondary N) is 1. The number of aromatic nitrogens is 2. The highest BCUT2D eigenvalue weighted by Gasteiger charge is 2.09. The molecular weight excluding hydrogens is 284 g/mol. The first-order chi connectivity index (χ1) is 10.3. The Balaban J connectivity index is 1.57. The van der Waals surface area contributed by atoms with E-state index < -0.39 is 0 Å². The lowest BCUT2D eigenvalue weighted by Gasteiger charge is -2.26. The van der Waals surface area contributed by atoms with Gasteiger partial charge in [0.25, 0.3) is 0 Å². The van der Waals surface area contributed by atoms with Gasteiger partial charge in [-0.15, -0.1) is 0 Å². The molecule has 0 amide bonds. The van der Waals surface area contributed by atoms with Crippen LogP contribution in [0.3, 0.4) is 0 Å². The molecule has 0 unspecified atom stereocenters. The summed E-state index contributed by atoms with van der Waals surface area (Å²) in [7, 11) is 0. The Morgan fingerprint density at radius 1 is 1.24 bits per heavy atom. The summed E-state index contributed by atoms with van der Waals surface area (Å²) in [6.07, 6.45) is 7.01. The van der Waals surface area contributed by atoms with Crippen LogP contribution in [0.15, 0.2) is 24.4 Å². The van der Waals surface area contributed by atoms with Crippen molar-refractivity contribution >= 4 is 28.3 Å². The van der Waals surface area contributed by atoms with Gasteiger partial charge < -0.3 is 10.2 Å². The maximum absolute atomic E-state index is 6.07. The highest BCUT2D eigenvalue weighted by atomic mass is 35.5. The summed E-state index contributed by atoms with van der Waals surface area (Å²) in [4.78, 5) is 11.2. The van der Waals surface area contributed by atoms with Crippen LogP contribution < -0.4 is 5.32 Å². The Kier molecular flexibility index (Phi) is 4.88. The summed E-state index contributed by atoms with van der Waals surface area (Å²) in [6.45, 7) is 4.61. The molecule has 3 rings (SSSR count). The molecule has 0 atom stereocenters. The zero-order valence-electron chi connectivity index (χ0n) is 12.2. The Morgan fingerprint density at radius 3 is 2.95 bits per heavy atom. The number of likely N-dealkylation sites (tertiary alicyclic amines) is 1. The molecule has 1 fully saturated rings. The van der Waals surface area contributed by atoms with Crippen molar-refractivity contribution in [1.29, 1.82) is 0 Å². The number of rotatable bonds is 5. The first-order valence-corrected chi connectivity index (χ1v) is 8.08. The van der Waals surface area contributed by atoms with E-state index in [4.69, 9.17) is 11.6 Å². The number of hydrogen-bond acceptors (Lipinski definition) is 4. The molecule has 2 aromatic rings. The van der Waals surface area contributed by atoms with E-state index in [0.29, 0.717) is 5.15 Å². The monoisotopic (exact) mass is 304 g/mol. The first kappa shape index (κ1) is 14.5.